The molecule has 0 aliphatic carbocycles. The number of hydrazone groups is 1. The Morgan fingerprint density at radius 2 is 1.79 bits per heavy atom. The highest BCUT2D eigenvalue weighted by atomic mass is 35.5. The Hall–Kier alpha value is -1.59. The summed E-state index contributed by atoms with van der Waals surface area (Å²) in [5.41, 5.74) is 6.55. The van der Waals surface area contributed by atoms with Gasteiger partial charge < -0.3 is 0 Å². The topological polar surface area (TPSA) is 37.3 Å². The van der Waals surface area contributed by atoms with Gasteiger partial charge in [-0.15, -0.1) is 11.3 Å². The number of thiazole rings is 1. The van der Waals surface area contributed by atoms with Gasteiger partial charge >= 0.3 is 0 Å². The number of aromatic nitrogens is 1. The van der Waals surface area contributed by atoms with Crippen molar-refractivity contribution in [3.8, 4) is 11.3 Å². The van der Waals surface area contributed by atoms with Gasteiger partial charge in [0.1, 0.15) is 0 Å². The second-order valence-electron chi connectivity index (χ2n) is 4.98. The van der Waals surface area contributed by atoms with Crippen molar-refractivity contribution in [2.45, 2.75) is 6.92 Å². The van der Waals surface area contributed by atoms with Gasteiger partial charge in [0.15, 0.2) is 0 Å². The van der Waals surface area contributed by atoms with E-state index in [1.165, 1.54) is 11.3 Å². The fraction of sp³-hybridized carbons (Fsp3) is 0.0588. The number of halogens is 3. The summed E-state index contributed by atoms with van der Waals surface area (Å²) in [6.45, 7) is 1.92. The normalized spacial score (nSPS) is 11.6. The second-order valence-corrected chi connectivity index (χ2v) is 7.09. The van der Waals surface area contributed by atoms with Gasteiger partial charge in [-0.25, -0.2) is 4.98 Å². The van der Waals surface area contributed by atoms with Gasteiger partial charge in [-0.05, 0) is 36.8 Å². The number of hydrogen-bond acceptors (Lipinski definition) is 4. The molecule has 0 radical (unpaired) electrons. The highest BCUT2D eigenvalue weighted by Gasteiger charge is 2.07. The number of nitrogens with zero attached hydrogens (tertiary/aromatic N) is 2. The lowest BCUT2D eigenvalue weighted by Crippen LogP contribution is -1.99. The fourth-order valence-corrected chi connectivity index (χ4v) is 3.09. The quantitative estimate of drug-likeness (QED) is 0.398. The third kappa shape index (κ3) is 4.08. The first-order valence-corrected chi connectivity index (χ1v) is 9.01. The summed E-state index contributed by atoms with van der Waals surface area (Å²) < 4.78 is 0. The lowest BCUT2D eigenvalue weighted by Gasteiger charge is -2.02. The third-order valence-corrected chi connectivity index (χ3v) is 5.04. The molecule has 0 saturated heterocycles. The fourth-order valence-electron chi connectivity index (χ4n) is 2.00. The van der Waals surface area contributed by atoms with Gasteiger partial charge in [0, 0.05) is 16.0 Å². The molecule has 1 N–H and O–H groups in total. The summed E-state index contributed by atoms with van der Waals surface area (Å²) in [6.07, 6.45) is 0. The standard InChI is InChI=1S/C17H12Cl3N3S/c1-10(11-2-5-13(18)6-3-11)22-23-17-21-16(9-24-17)12-4-7-14(19)15(20)8-12/h2-9H,1H3,(H,21,23)/b22-10+. The molecule has 3 rings (SSSR count). The lowest BCUT2D eigenvalue weighted by molar-refractivity contribution is 1.27. The number of rotatable bonds is 4. The van der Waals surface area contributed by atoms with Gasteiger partial charge in [-0.2, -0.15) is 5.10 Å². The Balaban J connectivity index is 1.75. The smallest absolute Gasteiger partial charge is 0.203 e. The molecule has 0 aliphatic heterocycles. The van der Waals surface area contributed by atoms with E-state index in [2.05, 4.69) is 15.5 Å². The number of nitrogens with one attached hydrogen (secondary N) is 1. The van der Waals surface area contributed by atoms with Crippen LogP contribution in [0.1, 0.15) is 12.5 Å². The molecule has 3 aromatic rings. The monoisotopic (exact) mass is 395 g/mol. The van der Waals surface area contributed by atoms with E-state index in [1.807, 2.05) is 42.6 Å². The first-order chi connectivity index (χ1) is 11.5. The summed E-state index contributed by atoms with van der Waals surface area (Å²) in [5, 5.41) is 8.73. The minimum Gasteiger partial charge on any atom is -0.252 e. The molecule has 0 spiro atoms. The van der Waals surface area contributed by atoms with Crippen LogP contribution in [0.4, 0.5) is 5.13 Å². The van der Waals surface area contributed by atoms with Crippen LogP contribution in [0.25, 0.3) is 11.3 Å². The SMILES string of the molecule is C/C(=N\Nc1nc(-c2ccc(Cl)c(Cl)c2)cs1)c1ccc(Cl)cc1. The van der Waals surface area contributed by atoms with Crippen LogP contribution in [0.2, 0.25) is 15.1 Å². The predicted octanol–water partition coefficient (Wildman–Crippen LogP) is 6.61. The zero-order chi connectivity index (χ0) is 17.1. The predicted molar refractivity (Wildman–Crippen MR) is 105 cm³/mol. The highest BCUT2D eigenvalue weighted by molar-refractivity contribution is 7.14. The van der Waals surface area contributed by atoms with Crippen molar-refractivity contribution in [2.24, 2.45) is 5.10 Å². The van der Waals surface area contributed by atoms with Crippen LogP contribution in [-0.4, -0.2) is 10.7 Å². The van der Waals surface area contributed by atoms with E-state index < -0.39 is 0 Å². The van der Waals surface area contributed by atoms with E-state index in [-0.39, 0.29) is 0 Å². The van der Waals surface area contributed by atoms with Crippen molar-refractivity contribution in [1.29, 1.82) is 0 Å². The van der Waals surface area contributed by atoms with E-state index in [0.29, 0.717) is 20.2 Å². The Kier molecular flexibility index (Phi) is 5.41. The molecule has 1 heterocycles. The van der Waals surface area contributed by atoms with Crippen molar-refractivity contribution in [1.82, 2.24) is 4.98 Å². The first kappa shape index (κ1) is 17.2. The van der Waals surface area contributed by atoms with Gasteiger partial charge in [0.25, 0.3) is 0 Å². The number of anilines is 1. The summed E-state index contributed by atoms with van der Waals surface area (Å²) in [7, 11) is 0. The second kappa shape index (κ2) is 7.53. The number of benzene rings is 2. The molecule has 7 heteroatoms. The first-order valence-electron chi connectivity index (χ1n) is 7.00. The van der Waals surface area contributed by atoms with Gasteiger partial charge in [0.05, 0.1) is 21.5 Å². The Morgan fingerprint density at radius 3 is 2.50 bits per heavy atom. The minimum atomic E-state index is 0.508. The Morgan fingerprint density at radius 1 is 1.04 bits per heavy atom. The van der Waals surface area contributed by atoms with Gasteiger partial charge in [0.2, 0.25) is 5.13 Å². The highest BCUT2D eigenvalue weighted by Crippen LogP contribution is 2.30. The van der Waals surface area contributed by atoms with Gasteiger partial charge in [-0.3, -0.25) is 5.43 Å². The lowest BCUT2D eigenvalue weighted by atomic mass is 10.1. The van der Waals surface area contributed by atoms with Crippen LogP contribution >= 0.6 is 46.1 Å². The average molecular weight is 397 g/mol. The largest absolute Gasteiger partial charge is 0.252 e. The van der Waals surface area contributed by atoms with E-state index in [4.69, 9.17) is 34.8 Å². The molecule has 0 aliphatic rings. The summed E-state index contributed by atoms with van der Waals surface area (Å²) in [5.74, 6) is 0. The molecule has 2 aromatic carbocycles. The zero-order valence-electron chi connectivity index (χ0n) is 12.6. The molecule has 0 amide bonds. The minimum absolute atomic E-state index is 0.508. The van der Waals surface area contributed by atoms with Crippen LogP contribution in [0.3, 0.4) is 0 Å². The zero-order valence-corrected chi connectivity index (χ0v) is 15.6. The van der Waals surface area contributed by atoms with E-state index in [0.717, 1.165) is 22.5 Å². The maximum atomic E-state index is 6.05. The van der Waals surface area contributed by atoms with Crippen molar-refractivity contribution in [3.63, 3.8) is 0 Å². The average Bonchev–Trinajstić information content (AvgIpc) is 3.05. The van der Waals surface area contributed by atoms with Crippen LogP contribution in [-0.2, 0) is 0 Å². The molecule has 0 atom stereocenters. The van der Waals surface area contributed by atoms with Crippen molar-refractivity contribution < 1.29 is 0 Å². The molecule has 0 unspecified atom stereocenters. The molecule has 122 valence electrons. The molecule has 1 aromatic heterocycles. The number of hydrogen-bond donors (Lipinski definition) is 1. The van der Waals surface area contributed by atoms with Gasteiger partial charge in [-0.1, -0.05) is 53.0 Å². The van der Waals surface area contributed by atoms with Crippen LogP contribution in [0, 0.1) is 0 Å². The van der Waals surface area contributed by atoms with Crippen molar-refractivity contribution >= 4 is 57.0 Å². The summed E-state index contributed by atoms with van der Waals surface area (Å²) in [4.78, 5) is 4.51. The summed E-state index contributed by atoms with van der Waals surface area (Å²) >= 11 is 19.3. The van der Waals surface area contributed by atoms with Crippen LogP contribution in [0.15, 0.2) is 52.9 Å². The molecule has 0 bridgehead atoms. The summed E-state index contributed by atoms with van der Waals surface area (Å²) in [6, 6.07) is 13.0. The van der Waals surface area contributed by atoms with Crippen LogP contribution < -0.4 is 5.43 Å². The molecule has 3 nitrogen and oxygen atoms in total. The molecular formula is C17H12Cl3N3S. The Labute approximate surface area is 158 Å². The molecule has 0 fully saturated rings. The van der Waals surface area contributed by atoms with Crippen molar-refractivity contribution in [3.05, 3.63) is 68.5 Å². The Bertz CT molecular complexity index is 888. The molecular weight excluding hydrogens is 385 g/mol. The van der Waals surface area contributed by atoms with E-state index in [9.17, 15) is 0 Å². The van der Waals surface area contributed by atoms with Crippen molar-refractivity contribution in [2.75, 3.05) is 5.43 Å². The van der Waals surface area contributed by atoms with Crippen LogP contribution in [0.5, 0.6) is 0 Å². The maximum absolute atomic E-state index is 6.05. The molecule has 0 saturated carbocycles. The third-order valence-electron chi connectivity index (χ3n) is 3.30. The van der Waals surface area contributed by atoms with E-state index in [1.54, 1.807) is 12.1 Å². The maximum Gasteiger partial charge on any atom is 0.203 e. The molecule has 24 heavy (non-hydrogen) atoms. The van der Waals surface area contributed by atoms with E-state index >= 15 is 0 Å².